The maximum Gasteiger partial charge on any atom is 0.275 e. The molecule has 3 aromatic heterocycles. The molecule has 0 aliphatic heterocycles. The van der Waals surface area contributed by atoms with Gasteiger partial charge >= 0.3 is 0 Å². The zero-order valence-corrected chi connectivity index (χ0v) is 20.0. The number of carbonyl (C=O) groups is 1. The van der Waals surface area contributed by atoms with Crippen molar-refractivity contribution in [1.82, 2.24) is 14.9 Å². The van der Waals surface area contributed by atoms with Crippen LogP contribution in [0, 0.1) is 0 Å². The minimum Gasteiger partial charge on any atom is -0.398 e. The first-order chi connectivity index (χ1) is 16.0. The normalized spacial score (nSPS) is 11.4. The number of nitrogens with two attached hydrogens (primary N) is 1. The zero-order chi connectivity index (χ0) is 23.2. The third kappa shape index (κ3) is 5.70. The first kappa shape index (κ1) is 22.8. The molecule has 7 nitrogen and oxygen atoms in total. The van der Waals surface area contributed by atoms with Crippen LogP contribution in [0.3, 0.4) is 0 Å². The summed E-state index contributed by atoms with van der Waals surface area (Å²) in [6.07, 6.45) is 5.20. The van der Waals surface area contributed by atoms with E-state index in [2.05, 4.69) is 25.2 Å². The number of amides is 1. The topological polar surface area (TPSA) is 96.5 Å². The van der Waals surface area contributed by atoms with Gasteiger partial charge in [-0.15, -0.1) is 11.3 Å². The molecular weight excluding hydrogens is 452 g/mol. The molecule has 0 atom stereocenters. The lowest BCUT2D eigenvalue weighted by Gasteiger charge is -2.13. The number of nitrogen functional groups attached to an aromatic ring is 1. The molecule has 3 heterocycles. The van der Waals surface area contributed by atoms with Crippen molar-refractivity contribution in [2.45, 2.75) is 0 Å². The van der Waals surface area contributed by atoms with Crippen molar-refractivity contribution < 1.29 is 4.79 Å². The lowest BCUT2D eigenvalue weighted by molar-refractivity contribution is 0.102. The highest BCUT2D eigenvalue weighted by Crippen LogP contribution is 2.34. The van der Waals surface area contributed by atoms with Crippen molar-refractivity contribution in [1.29, 1.82) is 0 Å². The Bertz CT molecular complexity index is 1250. The number of anilines is 2. The van der Waals surface area contributed by atoms with Crippen LogP contribution in [0.15, 0.2) is 63.9 Å². The molecule has 0 unspecified atom stereocenters. The summed E-state index contributed by atoms with van der Waals surface area (Å²) in [5, 5.41) is 9.55. The number of hydrogen-bond donors (Lipinski definition) is 2. The summed E-state index contributed by atoms with van der Waals surface area (Å²) in [7, 11) is 4.01. The summed E-state index contributed by atoms with van der Waals surface area (Å²) in [6.45, 7) is 1.51. The molecular formula is C24H24N6OS2. The summed E-state index contributed by atoms with van der Waals surface area (Å²) in [6, 6.07) is 9.52. The Balaban J connectivity index is 1.61. The van der Waals surface area contributed by atoms with E-state index in [1.807, 2.05) is 55.2 Å². The highest BCUT2D eigenvalue weighted by molar-refractivity contribution is 7.13. The molecule has 9 heteroatoms. The van der Waals surface area contributed by atoms with Gasteiger partial charge in [-0.05, 0) is 60.8 Å². The van der Waals surface area contributed by atoms with Gasteiger partial charge in [0.2, 0.25) is 0 Å². The van der Waals surface area contributed by atoms with E-state index in [1.54, 1.807) is 35.3 Å². The van der Waals surface area contributed by atoms with E-state index < -0.39 is 0 Å². The minimum absolute atomic E-state index is 0.280. The van der Waals surface area contributed by atoms with E-state index in [-0.39, 0.29) is 5.91 Å². The Morgan fingerprint density at radius 2 is 2.12 bits per heavy atom. The summed E-state index contributed by atoms with van der Waals surface area (Å²) in [5.74, 6) is -0.280. The molecule has 0 bridgehead atoms. The number of carbonyl (C=O) groups excluding carboxylic acids is 1. The summed E-state index contributed by atoms with van der Waals surface area (Å²) in [5.41, 5.74) is 11.4. The van der Waals surface area contributed by atoms with Crippen molar-refractivity contribution in [3.8, 4) is 21.7 Å². The average Bonchev–Trinajstić information content (AvgIpc) is 3.51. The number of rotatable bonds is 8. The Morgan fingerprint density at radius 3 is 2.85 bits per heavy atom. The number of nitrogens with zero attached hydrogens (tertiary/aromatic N) is 4. The van der Waals surface area contributed by atoms with Crippen LogP contribution in [0.25, 0.3) is 21.7 Å². The second kappa shape index (κ2) is 10.5. The fraction of sp³-hybridized carbons (Fsp3) is 0.167. The minimum atomic E-state index is -0.280. The number of likely N-dealkylation sites (N-methyl/N-ethyl adjacent to an activating group) is 1. The number of thiophene rings is 1. The standard InChI is InChI=1S/C24H24N6OS2/c1-30(2)8-7-27-13-18-10-21(19(11-20(18)25)17-5-9-32-14-17)28-23(31)22-15-33-24(29-22)16-4-3-6-26-12-16/h3-6,9-15H,7-8,25H2,1-2H3,(H,28,31). The van der Waals surface area contributed by atoms with Crippen LogP contribution in [0.1, 0.15) is 16.1 Å². The van der Waals surface area contributed by atoms with Gasteiger partial charge in [0.1, 0.15) is 10.7 Å². The van der Waals surface area contributed by atoms with Gasteiger partial charge in [-0.1, -0.05) is 0 Å². The smallest absolute Gasteiger partial charge is 0.275 e. The fourth-order valence-electron chi connectivity index (χ4n) is 3.11. The SMILES string of the molecule is CN(C)CCN=Cc1cc(NC(=O)c2csc(-c3cccnc3)n2)c(-c2ccsc2)cc1N. The van der Waals surface area contributed by atoms with Crippen LogP contribution in [-0.2, 0) is 0 Å². The largest absolute Gasteiger partial charge is 0.398 e. The van der Waals surface area contributed by atoms with Crippen molar-refractivity contribution in [2.75, 3.05) is 38.2 Å². The monoisotopic (exact) mass is 476 g/mol. The molecule has 0 saturated carbocycles. The molecule has 0 fully saturated rings. The Morgan fingerprint density at radius 1 is 1.24 bits per heavy atom. The molecule has 0 aliphatic carbocycles. The van der Waals surface area contributed by atoms with Crippen molar-refractivity contribution in [3.05, 3.63) is 70.1 Å². The van der Waals surface area contributed by atoms with E-state index in [0.29, 0.717) is 23.6 Å². The van der Waals surface area contributed by atoms with Crippen LogP contribution in [0.2, 0.25) is 0 Å². The van der Waals surface area contributed by atoms with Crippen LogP contribution in [-0.4, -0.2) is 54.2 Å². The number of benzene rings is 1. The summed E-state index contributed by atoms with van der Waals surface area (Å²) in [4.78, 5) is 28.2. The zero-order valence-electron chi connectivity index (χ0n) is 18.4. The van der Waals surface area contributed by atoms with Gasteiger partial charge in [0, 0.05) is 58.6 Å². The second-order valence-corrected chi connectivity index (χ2v) is 9.25. The highest BCUT2D eigenvalue weighted by Gasteiger charge is 2.16. The lowest BCUT2D eigenvalue weighted by atomic mass is 10.0. The van der Waals surface area contributed by atoms with Crippen molar-refractivity contribution in [2.24, 2.45) is 4.99 Å². The number of hydrogen-bond acceptors (Lipinski definition) is 8. The quantitative estimate of drug-likeness (QED) is 0.283. The van der Waals surface area contributed by atoms with E-state index in [4.69, 9.17) is 5.73 Å². The van der Waals surface area contributed by atoms with Crippen molar-refractivity contribution >= 4 is 46.2 Å². The third-order valence-corrected chi connectivity index (χ3v) is 6.43. The number of nitrogens with one attached hydrogen (secondary N) is 1. The maximum atomic E-state index is 13.1. The van der Waals surface area contributed by atoms with Crippen LogP contribution in [0.5, 0.6) is 0 Å². The molecule has 0 saturated heterocycles. The molecule has 3 N–H and O–H groups in total. The Labute approximate surface area is 200 Å². The molecule has 0 radical (unpaired) electrons. The molecule has 4 aromatic rings. The molecule has 1 aromatic carbocycles. The molecule has 0 spiro atoms. The highest BCUT2D eigenvalue weighted by atomic mass is 32.1. The van der Waals surface area contributed by atoms with Gasteiger partial charge < -0.3 is 16.0 Å². The predicted octanol–water partition coefficient (Wildman–Crippen LogP) is 4.75. The van der Waals surface area contributed by atoms with Gasteiger partial charge in [-0.3, -0.25) is 14.8 Å². The van der Waals surface area contributed by atoms with E-state index in [9.17, 15) is 4.79 Å². The second-order valence-electron chi connectivity index (χ2n) is 7.61. The molecule has 33 heavy (non-hydrogen) atoms. The van der Waals surface area contributed by atoms with E-state index in [0.717, 1.165) is 33.8 Å². The lowest BCUT2D eigenvalue weighted by Crippen LogP contribution is -2.15. The van der Waals surface area contributed by atoms with Crippen LogP contribution >= 0.6 is 22.7 Å². The number of thiazole rings is 1. The van der Waals surface area contributed by atoms with Gasteiger partial charge in [-0.2, -0.15) is 11.3 Å². The molecule has 1 amide bonds. The number of aliphatic imine (C=N–C) groups is 1. The van der Waals surface area contributed by atoms with E-state index >= 15 is 0 Å². The summed E-state index contributed by atoms with van der Waals surface area (Å²) < 4.78 is 0. The van der Waals surface area contributed by atoms with Crippen molar-refractivity contribution in [3.63, 3.8) is 0 Å². The summed E-state index contributed by atoms with van der Waals surface area (Å²) >= 11 is 3.00. The maximum absolute atomic E-state index is 13.1. The molecule has 168 valence electrons. The Hall–Kier alpha value is -3.40. The van der Waals surface area contributed by atoms with Gasteiger partial charge in [0.15, 0.2) is 0 Å². The van der Waals surface area contributed by atoms with Crippen LogP contribution < -0.4 is 11.1 Å². The molecule has 0 aliphatic rings. The fourth-order valence-corrected chi connectivity index (χ4v) is 4.56. The number of pyridine rings is 1. The van der Waals surface area contributed by atoms with Gasteiger partial charge in [0.25, 0.3) is 5.91 Å². The van der Waals surface area contributed by atoms with Crippen LogP contribution in [0.4, 0.5) is 11.4 Å². The van der Waals surface area contributed by atoms with Gasteiger partial charge in [-0.25, -0.2) is 4.98 Å². The Kier molecular flexibility index (Phi) is 7.23. The van der Waals surface area contributed by atoms with E-state index in [1.165, 1.54) is 11.3 Å². The first-order valence-corrected chi connectivity index (χ1v) is 12.1. The average molecular weight is 477 g/mol. The third-order valence-electron chi connectivity index (χ3n) is 4.86. The predicted molar refractivity (Wildman–Crippen MR) is 138 cm³/mol. The number of aromatic nitrogens is 2. The molecule has 4 rings (SSSR count). The van der Waals surface area contributed by atoms with Gasteiger partial charge in [0.05, 0.1) is 6.54 Å². The first-order valence-electron chi connectivity index (χ1n) is 10.3.